The van der Waals surface area contributed by atoms with E-state index in [0.29, 0.717) is 13.0 Å². The summed E-state index contributed by atoms with van der Waals surface area (Å²) in [6.07, 6.45) is -3.71. The number of alkyl halides is 3. The molecular weight excluding hydrogens is 223 g/mol. The van der Waals surface area contributed by atoms with Crippen LogP contribution < -0.4 is 11.1 Å². The summed E-state index contributed by atoms with van der Waals surface area (Å²) in [5.74, 6) is -0.293. The Morgan fingerprint density at radius 1 is 1.50 bits per heavy atom. The first-order valence-corrected chi connectivity index (χ1v) is 5.01. The van der Waals surface area contributed by atoms with Gasteiger partial charge < -0.3 is 11.1 Å². The van der Waals surface area contributed by atoms with Gasteiger partial charge in [0.05, 0.1) is 12.6 Å². The van der Waals surface area contributed by atoms with E-state index < -0.39 is 18.8 Å². The van der Waals surface area contributed by atoms with Gasteiger partial charge in [0.25, 0.3) is 0 Å². The first-order chi connectivity index (χ1) is 7.22. The molecule has 0 heterocycles. The van der Waals surface area contributed by atoms with Crippen molar-refractivity contribution in [3.8, 4) is 0 Å². The van der Waals surface area contributed by atoms with Crippen LogP contribution in [0.4, 0.5) is 13.2 Å². The summed E-state index contributed by atoms with van der Waals surface area (Å²) in [7, 11) is 1.39. The second kappa shape index (κ2) is 6.70. The van der Waals surface area contributed by atoms with E-state index in [0.717, 1.165) is 4.90 Å². The maximum absolute atomic E-state index is 11.9. The van der Waals surface area contributed by atoms with Crippen molar-refractivity contribution >= 4 is 5.91 Å². The highest BCUT2D eigenvalue weighted by Crippen LogP contribution is 2.15. The molecule has 1 unspecified atom stereocenters. The van der Waals surface area contributed by atoms with Crippen molar-refractivity contribution in [3.05, 3.63) is 0 Å². The number of hydrogen-bond donors (Lipinski definition) is 2. The number of carbonyl (C=O) groups excluding carboxylic acids is 1. The monoisotopic (exact) mass is 241 g/mol. The lowest BCUT2D eigenvalue weighted by atomic mass is 10.3. The second-order valence-electron chi connectivity index (χ2n) is 3.79. The quantitative estimate of drug-likeness (QED) is 0.659. The van der Waals surface area contributed by atoms with E-state index in [1.54, 1.807) is 6.92 Å². The molecule has 0 aromatic carbocycles. The first kappa shape index (κ1) is 15.2. The molecule has 0 rings (SSSR count). The van der Waals surface area contributed by atoms with Gasteiger partial charge in [0, 0.05) is 6.54 Å². The van der Waals surface area contributed by atoms with Crippen LogP contribution in [0.3, 0.4) is 0 Å². The van der Waals surface area contributed by atoms with Crippen molar-refractivity contribution in [2.75, 3.05) is 26.7 Å². The lowest BCUT2D eigenvalue weighted by Crippen LogP contribution is -2.39. The van der Waals surface area contributed by atoms with Crippen molar-refractivity contribution in [1.29, 1.82) is 0 Å². The summed E-state index contributed by atoms with van der Waals surface area (Å²) in [6.45, 7) is 1.22. The molecule has 7 heteroatoms. The minimum absolute atomic E-state index is 0.277. The zero-order valence-electron chi connectivity index (χ0n) is 9.47. The van der Waals surface area contributed by atoms with E-state index in [-0.39, 0.29) is 12.5 Å². The van der Waals surface area contributed by atoms with Crippen LogP contribution >= 0.6 is 0 Å². The van der Waals surface area contributed by atoms with Gasteiger partial charge in [0.2, 0.25) is 5.91 Å². The molecule has 96 valence electrons. The van der Waals surface area contributed by atoms with E-state index >= 15 is 0 Å². The molecule has 16 heavy (non-hydrogen) atoms. The third-order valence-electron chi connectivity index (χ3n) is 1.88. The first-order valence-electron chi connectivity index (χ1n) is 5.01. The number of hydrogen-bond acceptors (Lipinski definition) is 3. The summed E-state index contributed by atoms with van der Waals surface area (Å²) >= 11 is 0. The third-order valence-corrected chi connectivity index (χ3v) is 1.88. The van der Waals surface area contributed by atoms with E-state index in [2.05, 4.69) is 5.32 Å². The van der Waals surface area contributed by atoms with Gasteiger partial charge in [0.1, 0.15) is 0 Å². The van der Waals surface area contributed by atoms with Crippen LogP contribution in [0, 0.1) is 0 Å². The number of halogens is 3. The molecule has 0 bridgehead atoms. The van der Waals surface area contributed by atoms with Gasteiger partial charge in [-0.1, -0.05) is 0 Å². The summed E-state index contributed by atoms with van der Waals surface area (Å²) in [6, 6.07) is -0.590. The van der Waals surface area contributed by atoms with Gasteiger partial charge in [-0.15, -0.1) is 0 Å². The Kier molecular flexibility index (Phi) is 6.35. The molecule has 4 nitrogen and oxygen atoms in total. The van der Waals surface area contributed by atoms with E-state index in [1.165, 1.54) is 7.05 Å². The second-order valence-corrected chi connectivity index (χ2v) is 3.79. The Balaban J connectivity index is 3.56. The molecule has 1 amide bonds. The molecule has 0 aliphatic rings. The zero-order chi connectivity index (χ0) is 12.8. The van der Waals surface area contributed by atoms with E-state index in [9.17, 15) is 18.0 Å². The molecule has 0 aliphatic carbocycles. The fourth-order valence-corrected chi connectivity index (χ4v) is 1.11. The highest BCUT2D eigenvalue weighted by atomic mass is 19.4. The minimum atomic E-state index is -4.18. The predicted molar refractivity (Wildman–Crippen MR) is 54.8 cm³/mol. The fourth-order valence-electron chi connectivity index (χ4n) is 1.11. The minimum Gasteiger partial charge on any atom is -0.355 e. The molecular formula is C9H18F3N3O. The Labute approximate surface area is 93.0 Å². The summed E-state index contributed by atoms with van der Waals surface area (Å²) in [5, 5.41) is 2.53. The summed E-state index contributed by atoms with van der Waals surface area (Å²) in [4.78, 5) is 12.2. The van der Waals surface area contributed by atoms with Crippen LogP contribution in [0.1, 0.15) is 13.3 Å². The number of nitrogens with two attached hydrogens (primary N) is 1. The van der Waals surface area contributed by atoms with Crippen LogP contribution in [0.15, 0.2) is 0 Å². The molecule has 0 saturated carbocycles. The molecule has 0 aromatic rings. The number of nitrogens with one attached hydrogen (secondary N) is 1. The Morgan fingerprint density at radius 2 is 2.06 bits per heavy atom. The Bertz CT molecular complexity index is 219. The van der Waals surface area contributed by atoms with Crippen molar-refractivity contribution in [1.82, 2.24) is 10.2 Å². The molecule has 0 aromatic heterocycles. The van der Waals surface area contributed by atoms with Crippen LogP contribution in [-0.2, 0) is 4.79 Å². The topological polar surface area (TPSA) is 58.4 Å². The van der Waals surface area contributed by atoms with Crippen LogP contribution in [0.2, 0.25) is 0 Å². The van der Waals surface area contributed by atoms with Crippen molar-refractivity contribution in [2.24, 2.45) is 5.73 Å². The lowest BCUT2D eigenvalue weighted by Gasteiger charge is -2.18. The third kappa shape index (κ3) is 8.49. The molecule has 0 radical (unpaired) electrons. The molecule has 0 spiro atoms. The maximum Gasteiger partial charge on any atom is 0.401 e. The van der Waals surface area contributed by atoms with Crippen molar-refractivity contribution in [3.63, 3.8) is 0 Å². The smallest absolute Gasteiger partial charge is 0.355 e. The predicted octanol–water partition coefficient (Wildman–Crippen LogP) is 0.334. The van der Waals surface area contributed by atoms with Gasteiger partial charge in [-0.2, -0.15) is 13.2 Å². The number of nitrogens with zero attached hydrogens (tertiary/aromatic N) is 1. The maximum atomic E-state index is 11.9. The molecule has 0 aliphatic heterocycles. The van der Waals surface area contributed by atoms with Crippen molar-refractivity contribution in [2.45, 2.75) is 25.6 Å². The van der Waals surface area contributed by atoms with Gasteiger partial charge in [-0.3, -0.25) is 9.69 Å². The van der Waals surface area contributed by atoms with Crippen LogP contribution in [-0.4, -0.2) is 49.7 Å². The van der Waals surface area contributed by atoms with Gasteiger partial charge >= 0.3 is 6.18 Å². The largest absolute Gasteiger partial charge is 0.401 e. The van der Waals surface area contributed by atoms with Gasteiger partial charge in [0.15, 0.2) is 0 Å². The fraction of sp³-hybridized carbons (Fsp3) is 0.889. The summed E-state index contributed by atoms with van der Waals surface area (Å²) in [5.41, 5.74) is 5.29. The summed E-state index contributed by atoms with van der Waals surface area (Å²) < 4.78 is 35.8. The highest BCUT2D eigenvalue weighted by Gasteiger charge is 2.28. The molecule has 0 saturated heterocycles. The van der Waals surface area contributed by atoms with Gasteiger partial charge in [-0.05, 0) is 26.9 Å². The normalized spacial score (nSPS) is 13.9. The Morgan fingerprint density at radius 3 is 2.50 bits per heavy atom. The standard InChI is InChI=1S/C9H18F3N3O/c1-7(13)8(16)14-4-3-5-15(2)6-9(10,11)12/h7H,3-6,13H2,1-2H3,(H,14,16). The highest BCUT2D eigenvalue weighted by molar-refractivity contribution is 5.80. The van der Waals surface area contributed by atoms with Gasteiger partial charge in [-0.25, -0.2) is 0 Å². The average Bonchev–Trinajstić information content (AvgIpc) is 2.08. The SMILES string of the molecule is CC(N)C(=O)NCCCN(C)CC(F)(F)F. The van der Waals surface area contributed by atoms with Crippen LogP contribution in [0.25, 0.3) is 0 Å². The molecule has 3 N–H and O–H groups in total. The molecule has 0 fully saturated rings. The van der Waals surface area contributed by atoms with Crippen LogP contribution in [0.5, 0.6) is 0 Å². The number of amides is 1. The number of carbonyl (C=O) groups is 1. The van der Waals surface area contributed by atoms with Crippen molar-refractivity contribution < 1.29 is 18.0 Å². The number of rotatable bonds is 6. The zero-order valence-corrected chi connectivity index (χ0v) is 9.47. The van der Waals surface area contributed by atoms with E-state index in [1.807, 2.05) is 0 Å². The van der Waals surface area contributed by atoms with E-state index in [4.69, 9.17) is 5.73 Å². The molecule has 1 atom stereocenters. The Hall–Kier alpha value is -0.820. The lowest BCUT2D eigenvalue weighted by molar-refractivity contribution is -0.143. The average molecular weight is 241 g/mol.